The minimum atomic E-state index is -4.55. The van der Waals surface area contributed by atoms with Crippen LogP contribution in [0.2, 0.25) is 0 Å². The van der Waals surface area contributed by atoms with Crippen LogP contribution in [0.5, 0.6) is 0 Å². The molecule has 112 valence electrons. The van der Waals surface area contributed by atoms with Crippen LogP contribution in [-0.2, 0) is 9.59 Å². The molecule has 0 aromatic heterocycles. The molecule has 0 radical (unpaired) electrons. The van der Waals surface area contributed by atoms with E-state index in [9.17, 15) is 22.8 Å². The van der Waals surface area contributed by atoms with Crippen LogP contribution in [-0.4, -0.2) is 65.2 Å². The molecule has 0 aliphatic heterocycles. The molecular formula is C11H19F3N2O3. The first-order valence-corrected chi connectivity index (χ1v) is 5.93. The lowest BCUT2D eigenvalue weighted by Gasteiger charge is -2.31. The van der Waals surface area contributed by atoms with Crippen LogP contribution in [0.15, 0.2) is 0 Å². The molecule has 1 unspecified atom stereocenters. The van der Waals surface area contributed by atoms with Crippen molar-refractivity contribution in [1.82, 2.24) is 9.80 Å². The largest absolute Gasteiger partial charge is 0.480 e. The highest BCUT2D eigenvalue weighted by atomic mass is 19.4. The molecule has 1 atom stereocenters. The molecule has 8 heteroatoms. The minimum Gasteiger partial charge on any atom is -0.480 e. The molecule has 0 bridgehead atoms. The lowest BCUT2D eigenvalue weighted by molar-refractivity contribution is -0.162. The van der Waals surface area contributed by atoms with E-state index < -0.39 is 37.2 Å². The van der Waals surface area contributed by atoms with Crippen molar-refractivity contribution >= 4 is 11.9 Å². The van der Waals surface area contributed by atoms with Gasteiger partial charge in [-0.15, -0.1) is 0 Å². The summed E-state index contributed by atoms with van der Waals surface area (Å²) in [7, 11) is 0. The highest BCUT2D eigenvalue weighted by Gasteiger charge is 2.36. The first-order chi connectivity index (χ1) is 8.62. The zero-order valence-electron chi connectivity index (χ0n) is 11.2. The van der Waals surface area contributed by atoms with Gasteiger partial charge in [-0.25, -0.2) is 0 Å². The summed E-state index contributed by atoms with van der Waals surface area (Å²) in [6, 6.07) is -1.13. The number of carboxylic acid groups (broad SMARTS) is 1. The summed E-state index contributed by atoms with van der Waals surface area (Å²) < 4.78 is 37.2. The fourth-order valence-electron chi connectivity index (χ4n) is 1.69. The third-order valence-corrected chi connectivity index (χ3v) is 2.70. The number of carboxylic acids is 1. The SMILES string of the molecule is CCN(CC)C(=O)C(C)N(CC(=O)O)CC(F)(F)F. The van der Waals surface area contributed by atoms with Crippen molar-refractivity contribution in [1.29, 1.82) is 0 Å². The van der Waals surface area contributed by atoms with Gasteiger partial charge < -0.3 is 10.0 Å². The summed E-state index contributed by atoms with van der Waals surface area (Å²) in [5.41, 5.74) is 0. The zero-order chi connectivity index (χ0) is 15.2. The number of carbonyl (C=O) groups excluding carboxylic acids is 1. The first kappa shape index (κ1) is 17.7. The number of amides is 1. The third-order valence-electron chi connectivity index (χ3n) is 2.70. The maximum atomic E-state index is 12.4. The van der Waals surface area contributed by atoms with E-state index in [-0.39, 0.29) is 0 Å². The Morgan fingerprint density at radius 3 is 2.00 bits per heavy atom. The maximum absolute atomic E-state index is 12.4. The zero-order valence-corrected chi connectivity index (χ0v) is 11.2. The fraction of sp³-hybridized carbons (Fsp3) is 0.818. The Bertz CT molecular complexity index is 317. The van der Waals surface area contributed by atoms with Gasteiger partial charge in [-0.1, -0.05) is 0 Å². The van der Waals surface area contributed by atoms with Gasteiger partial charge in [-0.2, -0.15) is 13.2 Å². The molecule has 0 saturated heterocycles. The highest BCUT2D eigenvalue weighted by Crippen LogP contribution is 2.18. The van der Waals surface area contributed by atoms with Crippen molar-refractivity contribution in [3.05, 3.63) is 0 Å². The predicted octanol–water partition coefficient (Wildman–Crippen LogP) is 1.19. The number of hydrogen-bond donors (Lipinski definition) is 1. The number of aliphatic carboxylic acids is 1. The molecule has 0 spiro atoms. The molecular weight excluding hydrogens is 265 g/mol. The Hall–Kier alpha value is -1.31. The van der Waals surface area contributed by atoms with Crippen LogP contribution in [0.1, 0.15) is 20.8 Å². The molecule has 0 aliphatic rings. The van der Waals surface area contributed by atoms with Crippen molar-refractivity contribution in [2.75, 3.05) is 26.2 Å². The van der Waals surface area contributed by atoms with E-state index in [0.29, 0.717) is 18.0 Å². The number of likely N-dealkylation sites (N-methyl/N-ethyl adjacent to an activating group) is 1. The number of hydrogen-bond acceptors (Lipinski definition) is 3. The third kappa shape index (κ3) is 6.42. The Morgan fingerprint density at radius 1 is 1.21 bits per heavy atom. The molecule has 1 amide bonds. The first-order valence-electron chi connectivity index (χ1n) is 5.93. The fourth-order valence-corrected chi connectivity index (χ4v) is 1.69. The van der Waals surface area contributed by atoms with Gasteiger partial charge in [0.1, 0.15) is 0 Å². The number of nitrogens with zero attached hydrogens (tertiary/aromatic N) is 2. The smallest absolute Gasteiger partial charge is 0.401 e. The normalized spacial score (nSPS) is 13.4. The number of rotatable bonds is 7. The number of carbonyl (C=O) groups is 2. The van der Waals surface area contributed by atoms with E-state index in [0.717, 1.165) is 0 Å². The molecule has 1 N–H and O–H groups in total. The molecule has 5 nitrogen and oxygen atoms in total. The van der Waals surface area contributed by atoms with Gasteiger partial charge in [-0.3, -0.25) is 14.5 Å². The average Bonchev–Trinajstić information content (AvgIpc) is 2.26. The Balaban J connectivity index is 4.93. The van der Waals surface area contributed by atoms with Gasteiger partial charge in [0, 0.05) is 13.1 Å². The molecule has 0 fully saturated rings. The summed E-state index contributed by atoms with van der Waals surface area (Å²) in [6.45, 7) is 3.19. The quantitative estimate of drug-likeness (QED) is 0.763. The van der Waals surface area contributed by atoms with Gasteiger partial charge in [0.2, 0.25) is 5.91 Å². The second-order valence-corrected chi connectivity index (χ2v) is 4.10. The average molecular weight is 284 g/mol. The molecule has 0 saturated carbocycles. The molecule has 0 aromatic carbocycles. The van der Waals surface area contributed by atoms with Crippen molar-refractivity contribution in [2.24, 2.45) is 0 Å². The van der Waals surface area contributed by atoms with Crippen molar-refractivity contribution in [3.8, 4) is 0 Å². The van der Waals surface area contributed by atoms with Crippen LogP contribution < -0.4 is 0 Å². The highest BCUT2D eigenvalue weighted by molar-refractivity contribution is 5.82. The Morgan fingerprint density at radius 2 is 1.68 bits per heavy atom. The molecule has 0 aromatic rings. The topological polar surface area (TPSA) is 60.9 Å². The lowest BCUT2D eigenvalue weighted by Crippen LogP contribution is -2.51. The Kier molecular flexibility index (Phi) is 6.82. The van der Waals surface area contributed by atoms with Gasteiger partial charge in [0.25, 0.3) is 0 Å². The van der Waals surface area contributed by atoms with Gasteiger partial charge >= 0.3 is 12.1 Å². The number of alkyl halides is 3. The second-order valence-electron chi connectivity index (χ2n) is 4.10. The summed E-state index contributed by atoms with van der Waals surface area (Å²) in [4.78, 5) is 24.5. The molecule has 19 heavy (non-hydrogen) atoms. The van der Waals surface area contributed by atoms with E-state index >= 15 is 0 Å². The second kappa shape index (κ2) is 7.32. The lowest BCUT2D eigenvalue weighted by atomic mass is 10.2. The predicted molar refractivity (Wildman–Crippen MR) is 62.7 cm³/mol. The van der Waals surface area contributed by atoms with Crippen LogP contribution >= 0.6 is 0 Å². The number of halogens is 3. The monoisotopic (exact) mass is 284 g/mol. The van der Waals surface area contributed by atoms with E-state index in [1.165, 1.54) is 11.8 Å². The van der Waals surface area contributed by atoms with Gasteiger partial charge in [0.05, 0.1) is 19.1 Å². The van der Waals surface area contributed by atoms with Gasteiger partial charge in [0.15, 0.2) is 0 Å². The van der Waals surface area contributed by atoms with Crippen molar-refractivity contribution < 1.29 is 27.9 Å². The van der Waals surface area contributed by atoms with E-state index in [1.54, 1.807) is 13.8 Å². The summed E-state index contributed by atoms with van der Waals surface area (Å²) in [5, 5.41) is 8.63. The molecule has 0 rings (SSSR count). The summed E-state index contributed by atoms with van der Waals surface area (Å²) in [6.07, 6.45) is -4.55. The van der Waals surface area contributed by atoms with E-state index in [4.69, 9.17) is 5.11 Å². The summed E-state index contributed by atoms with van der Waals surface area (Å²) in [5.74, 6) is -1.90. The van der Waals surface area contributed by atoms with Crippen LogP contribution in [0.3, 0.4) is 0 Å². The van der Waals surface area contributed by atoms with Crippen LogP contribution in [0, 0.1) is 0 Å². The maximum Gasteiger partial charge on any atom is 0.401 e. The van der Waals surface area contributed by atoms with E-state index in [1.807, 2.05) is 0 Å². The Labute approximate surface area is 110 Å². The van der Waals surface area contributed by atoms with Crippen molar-refractivity contribution in [2.45, 2.75) is 33.0 Å². The summed E-state index contributed by atoms with van der Waals surface area (Å²) >= 11 is 0. The molecule has 0 aliphatic carbocycles. The van der Waals surface area contributed by atoms with Crippen LogP contribution in [0.25, 0.3) is 0 Å². The van der Waals surface area contributed by atoms with Gasteiger partial charge in [-0.05, 0) is 20.8 Å². The van der Waals surface area contributed by atoms with Crippen LogP contribution in [0.4, 0.5) is 13.2 Å². The minimum absolute atomic E-state index is 0.368. The molecule has 0 heterocycles. The van der Waals surface area contributed by atoms with E-state index in [2.05, 4.69) is 0 Å². The van der Waals surface area contributed by atoms with Crippen molar-refractivity contribution in [3.63, 3.8) is 0 Å². The standard InChI is InChI=1S/C11H19F3N2O3/c1-4-15(5-2)10(19)8(3)16(6-9(17)18)7-11(12,13)14/h8H,4-7H2,1-3H3,(H,17,18).